The monoisotopic (exact) mass is 173 g/mol. The third kappa shape index (κ3) is 2.88. The van der Waals surface area contributed by atoms with E-state index in [4.69, 9.17) is 4.74 Å². The minimum Gasteiger partial charge on any atom is -0.358 e. The highest BCUT2D eigenvalue weighted by molar-refractivity contribution is 5.32. The maximum atomic E-state index is 5.41. The molecule has 67 valence electrons. The summed E-state index contributed by atoms with van der Waals surface area (Å²) < 4.78 is 5.41. The average molecular weight is 173 g/mol. The zero-order chi connectivity index (χ0) is 9.52. The quantitative estimate of drug-likeness (QED) is 0.622. The van der Waals surface area contributed by atoms with Gasteiger partial charge in [-0.15, -0.1) is 6.58 Å². The van der Waals surface area contributed by atoms with Crippen LogP contribution in [0.15, 0.2) is 55.6 Å². The lowest BCUT2D eigenvalue weighted by atomic mass is 10.1. The van der Waals surface area contributed by atoms with Crippen molar-refractivity contribution in [3.63, 3.8) is 0 Å². The van der Waals surface area contributed by atoms with E-state index in [1.165, 1.54) is 0 Å². The third-order valence-corrected chi connectivity index (χ3v) is 1.60. The van der Waals surface area contributed by atoms with E-state index in [0.29, 0.717) is 6.61 Å². The highest BCUT2D eigenvalue weighted by Gasteiger charge is 2.06. The van der Waals surface area contributed by atoms with E-state index in [0.717, 1.165) is 11.7 Å². The molecule has 0 unspecified atom stereocenters. The molecule has 0 aliphatic heterocycles. The molecule has 0 aliphatic rings. The van der Waals surface area contributed by atoms with Gasteiger partial charge in [0.25, 0.3) is 0 Å². The molecule has 1 aromatic carbocycles. The topological polar surface area (TPSA) is 9.23 Å². The molecule has 13 heavy (non-hydrogen) atoms. The summed E-state index contributed by atoms with van der Waals surface area (Å²) in [6.07, 6.45) is 4.21. The minimum atomic E-state index is 0.510. The Bertz CT molecular complexity index is 264. The molecule has 1 nitrogen and oxygen atoms in total. The molecule has 0 saturated carbocycles. The molecule has 0 aliphatic carbocycles. The van der Waals surface area contributed by atoms with Gasteiger partial charge in [-0.25, -0.2) is 0 Å². The Balaban J connectivity index is 2.66. The van der Waals surface area contributed by atoms with Gasteiger partial charge >= 0.3 is 0 Å². The van der Waals surface area contributed by atoms with Crippen molar-refractivity contribution in [1.29, 1.82) is 0 Å². The Kier molecular flexibility index (Phi) is 4.00. The van der Waals surface area contributed by atoms with Crippen LogP contribution in [-0.4, -0.2) is 6.61 Å². The lowest BCUT2D eigenvalue weighted by Gasteiger charge is -2.10. The van der Waals surface area contributed by atoms with E-state index in [1.807, 2.05) is 30.3 Å². The first-order chi connectivity index (χ1) is 6.38. The van der Waals surface area contributed by atoms with Crippen LogP contribution in [-0.2, 0) is 4.74 Å². The van der Waals surface area contributed by atoms with Crippen LogP contribution in [0.25, 0.3) is 0 Å². The number of ether oxygens (including phenoxy) is 1. The second-order valence-corrected chi connectivity index (χ2v) is 2.53. The molecule has 0 aromatic heterocycles. The molecule has 0 spiro atoms. The predicted octanol–water partition coefficient (Wildman–Crippen LogP) is 2.96. The first kappa shape index (κ1) is 9.75. The van der Waals surface area contributed by atoms with E-state index >= 15 is 0 Å². The SMILES string of the molecule is C=CCO[C](C=C)c1ccccc1. The molecular formula is C12H13O. The van der Waals surface area contributed by atoms with Gasteiger partial charge in [-0.1, -0.05) is 49.1 Å². The van der Waals surface area contributed by atoms with Gasteiger partial charge in [0.15, 0.2) is 0 Å². The largest absolute Gasteiger partial charge is 0.358 e. The number of rotatable bonds is 5. The summed E-state index contributed by atoms with van der Waals surface area (Å²) in [5, 5.41) is 0. The van der Waals surface area contributed by atoms with Crippen molar-refractivity contribution < 1.29 is 4.74 Å². The van der Waals surface area contributed by atoms with E-state index in [2.05, 4.69) is 13.2 Å². The Morgan fingerprint density at radius 2 is 1.92 bits per heavy atom. The normalized spacial score (nSPS) is 9.92. The van der Waals surface area contributed by atoms with Gasteiger partial charge in [0.2, 0.25) is 0 Å². The van der Waals surface area contributed by atoms with Crippen molar-refractivity contribution >= 4 is 0 Å². The summed E-state index contributed by atoms with van der Waals surface area (Å²) >= 11 is 0. The summed E-state index contributed by atoms with van der Waals surface area (Å²) in [6, 6.07) is 9.88. The van der Waals surface area contributed by atoms with Gasteiger partial charge in [0, 0.05) is 0 Å². The minimum absolute atomic E-state index is 0.510. The van der Waals surface area contributed by atoms with Gasteiger partial charge in [-0.2, -0.15) is 0 Å². The van der Waals surface area contributed by atoms with E-state index in [1.54, 1.807) is 12.2 Å². The van der Waals surface area contributed by atoms with E-state index in [9.17, 15) is 0 Å². The molecule has 1 radical (unpaired) electrons. The number of hydrogen-bond acceptors (Lipinski definition) is 1. The van der Waals surface area contributed by atoms with E-state index in [-0.39, 0.29) is 0 Å². The predicted molar refractivity (Wildman–Crippen MR) is 55.1 cm³/mol. The van der Waals surface area contributed by atoms with Crippen LogP contribution in [0.4, 0.5) is 0 Å². The van der Waals surface area contributed by atoms with Gasteiger partial charge in [-0.3, -0.25) is 0 Å². The number of benzene rings is 1. The van der Waals surface area contributed by atoms with Crippen LogP contribution in [0.3, 0.4) is 0 Å². The molecule has 0 heterocycles. The van der Waals surface area contributed by atoms with Crippen molar-refractivity contribution in [3.8, 4) is 0 Å². The molecule has 1 aromatic rings. The van der Waals surface area contributed by atoms with E-state index < -0.39 is 0 Å². The first-order valence-electron chi connectivity index (χ1n) is 4.17. The fourth-order valence-corrected chi connectivity index (χ4v) is 1.01. The second kappa shape index (κ2) is 5.33. The van der Waals surface area contributed by atoms with Crippen molar-refractivity contribution in [3.05, 3.63) is 67.3 Å². The van der Waals surface area contributed by atoms with Crippen molar-refractivity contribution in [2.24, 2.45) is 0 Å². The molecule has 0 bridgehead atoms. The average Bonchev–Trinajstić information content (AvgIpc) is 2.21. The van der Waals surface area contributed by atoms with Gasteiger partial charge < -0.3 is 4.74 Å². The van der Waals surface area contributed by atoms with Crippen LogP contribution in [0.1, 0.15) is 5.56 Å². The molecule has 0 saturated heterocycles. The van der Waals surface area contributed by atoms with Crippen molar-refractivity contribution in [2.75, 3.05) is 6.61 Å². The summed E-state index contributed by atoms with van der Waals surface area (Å²) in [7, 11) is 0. The van der Waals surface area contributed by atoms with Gasteiger partial charge in [0.1, 0.15) is 6.10 Å². The molecular weight excluding hydrogens is 160 g/mol. The summed E-state index contributed by atoms with van der Waals surface area (Å²) in [4.78, 5) is 0. The lowest BCUT2D eigenvalue weighted by molar-refractivity contribution is 0.212. The van der Waals surface area contributed by atoms with Crippen LogP contribution >= 0.6 is 0 Å². The van der Waals surface area contributed by atoms with Crippen molar-refractivity contribution in [2.45, 2.75) is 0 Å². The summed E-state index contributed by atoms with van der Waals surface area (Å²) in [6.45, 7) is 7.79. The van der Waals surface area contributed by atoms with Crippen LogP contribution in [0.2, 0.25) is 0 Å². The highest BCUT2D eigenvalue weighted by Crippen LogP contribution is 2.16. The Labute approximate surface area is 79.4 Å². The summed E-state index contributed by atoms with van der Waals surface area (Å²) in [5.41, 5.74) is 1.04. The third-order valence-electron chi connectivity index (χ3n) is 1.60. The molecule has 0 amide bonds. The standard InChI is InChI=1S/C12H13O/c1-3-10-13-12(4-2)11-8-6-5-7-9-11/h3-9H,1-2,10H2. The van der Waals surface area contributed by atoms with Crippen LogP contribution < -0.4 is 0 Å². The lowest BCUT2D eigenvalue weighted by Crippen LogP contribution is -2.01. The molecule has 0 N–H and O–H groups in total. The highest BCUT2D eigenvalue weighted by atomic mass is 16.5. The Morgan fingerprint density at radius 1 is 1.23 bits per heavy atom. The molecule has 1 heteroatoms. The van der Waals surface area contributed by atoms with Crippen LogP contribution in [0, 0.1) is 6.10 Å². The smallest absolute Gasteiger partial charge is 0.148 e. The fourth-order valence-electron chi connectivity index (χ4n) is 1.01. The summed E-state index contributed by atoms with van der Waals surface area (Å²) in [5.74, 6) is 0. The number of hydrogen-bond donors (Lipinski definition) is 0. The maximum Gasteiger partial charge on any atom is 0.148 e. The zero-order valence-corrected chi connectivity index (χ0v) is 7.57. The van der Waals surface area contributed by atoms with Gasteiger partial charge in [-0.05, 0) is 5.56 Å². The maximum absolute atomic E-state index is 5.41. The van der Waals surface area contributed by atoms with Gasteiger partial charge in [0.05, 0.1) is 6.61 Å². The molecule has 0 fully saturated rings. The van der Waals surface area contributed by atoms with Crippen molar-refractivity contribution in [1.82, 2.24) is 0 Å². The first-order valence-corrected chi connectivity index (χ1v) is 4.17. The molecule has 1 rings (SSSR count). The second-order valence-electron chi connectivity index (χ2n) is 2.53. The van der Waals surface area contributed by atoms with Crippen LogP contribution in [0.5, 0.6) is 0 Å². The Hall–Kier alpha value is -1.34. The zero-order valence-electron chi connectivity index (χ0n) is 7.57. The molecule has 0 atom stereocenters. The Morgan fingerprint density at radius 3 is 2.46 bits per heavy atom. The fraction of sp³-hybridized carbons (Fsp3) is 0.0833.